The van der Waals surface area contributed by atoms with Crippen LogP contribution in [0.3, 0.4) is 0 Å². The van der Waals surface area contributed by atoms with E-state index in [9.17, 15) is 0 Å². The van der Waals surface area contributed by atoms with E-state index in [0.717, 1.165) is 36.9 Å². The highest BCUT2D eigenvalue weighted by Crippen LogP contribution is 2.41. The van der Waals surface area contributed by atoms with Crippen molar-refractivity contribution in [1.29, 1.82) is 0 Å². The first kappa shape index (κ1) is 20.7. The molecule has 0 amide bonds. The number of hydrogen-bond donors (Lipinski definition) is 1. The van der Waals surface area contributed by atoms with Crippen LogP contribution in [-0.4, -0.2) is 61.0 Å². The lowest BCUT2D eigenvalue weighted by Gasteiger charge is -2.37. The van der Waals surface area contributed by atoms with Crippen LogP contribution < -0.4 is 10.1 Å². The Bertz CT molecular complexity index is 872. The van der Waals surface area contributed by atoms with Crippen molar-refractivity contribution >= 4 is 5.96 Å². The minimum absolute atomic E-state index is 0.0184. The third-order valence-corrected chi connectivity index (χ3v) is 6.50. The first-order valence-corrected chi connectivity index (χ1v) is 10.8. The van der Waals surface area contributed by atoms with Crippen molar-refractivity contribution in [3.05, 3.63) is 47.8 Å². The van der Waals surface area contributed by atoms with Gasteiger partial charge in [-0.05, 0) is 30.5 Å². The zero-order valence-corrected chi connectivity index (χ0v) is 18.3. The highest BCUT2D eigenvalue weighted by atomic mass is 16.5. The molecule has 0 bridgehead atoms. The molecule has 2 aliphatic rings. The quantitative estimate of drug-likeness (QED) is 0.605. The Kier molecular flexibility index (Phi) is 6.27. The molecule has 1 aromatic heterocycles. The molecule has 1 saturated heterocycles. The van der Waals surface area contributed by atoms with E-state index in [0.29, 0.717) is 6.61 Å². The van der Waals surface area contributed by atoms with Gasteiger partial charge in [0.15, 0.2) is 5.96 Å². The average Bonchev–Trinajstić information content (AvgIpc) is 3.44. The first-order valence-electron chi connectivity index (χ1n) is 10.8. The third kappa shape index (κ3) is 4.31. The molecule has 1 unspecified atom stereocenters. The number of rotatable bonds is 5. The molecule has 7 heteroatoms. The van der Waals surface area contributed by atoms with Gasteiger partial charge in [0.05, 0.1) is 26.5 Å². The van der Waals surface area contributed by atoms with Gasteiger partial charge in [-0.15, -0.1) is 0 Å². The average molecular weight is 412 g/mol. The first-order chi connectivity index (χ1) is 14.6. The van der Waals surface area contributed by atoms with Crippen LogP contribution in [0.15, 0.2) is 41.7 Å². The van der Waals surface area contributed by atoms with Crippen LogP contribution in [0.4, 0.5) is 0 Å². The lowest BCUT2D eigenvalue weighted by molar-refractivity contribution is -0.00811. The molecule has 0 radical (unpaired) electrons. The molecule has 4 rings (SSSR count). The van der Waals surface area contributed by atoms with Crippen molar-refractivity contribution in [2.45, 2.75) is 37.2 Å². The monoisotopic (exact) mass is 411 g/mol. The molecule has 1 N–H and O–H groups in total. The molecule has 2 heterocycles. The van der Waals surface area contributed by atoms with E-state index >= 15 is 0 Å². The van der Waals surface area contributed by atoms with Gasteiger partial charge in [-0.1, -0.05) is 25.0 Å². The van der Waals surface area contributed by atoms with Gasteiger partial charge >= 0.3 is 0 Å². The fraction of sp³-hybridized carbons (Fsp3) is 0.565. The number of nitrogens with zero attached hydrogens (tertiary/aromatic N) is 4. The maximum absolute atomic E-state index is 6.00. The van der Waals surface area contributed by atoms with Crippen molar-refractivity contribution in [3.8, 4) is 5.75 Å². The van der Waals surface area contributed by atoms with E-state index in [1.807, 2.05) is 37.2 Å². The third-order valence-electron chi connectivity index (χ3n) is 6.50. The largest absolute Gasteiger partial charge is 0.497 e. The molecule has 1 atom stereocenters. The summed E-state index contributed by atoms with van der Waals surface area (Å²) in [5, 5.41) is 7.98. The summed E-state index contributed by atoms with van der Waals surface area (Å²) in [6.07, 6.45) is 8.83. The predicted molar refractivity (Wildman–Crippen MR) is 118 cm³/mol. The van der Waals surface area contributed by atoms with Crippen LogP contribution in [0.1, 0.15) is 42.9 Å². The van der Waals surface area contributed by atoms with E-state index in [-0.39, 0.29) is 11.5 Å². The van der Waals surface area contributed by atoms with Crippen LogP contribution in [0.5, 0.6) is 5.75 Å². The maximum Gasteiger partial charge on any atom is 0.193 e. The number of aromatic nitrogens is 2. The summed E-state index contributed by atoms with van der Waals surface area (Å²) in [5.41, 5.74) is 2.60. The molecule has 2 aromatic rings. The molecule has 1 aliphatic carbocycles. The van der Waals surface area contributed by atoms with Crippen molar-refractivity contribution in [2.24, 2.45) is 12.0 Å². The number of morpholine rings is 1. The molecule has 7 nitrogen and oxygen atoms in total. The smallest absolute Gasteiger partial charge is 0.193 e. The number of aryl methyl sites for hydroxylation is 1. The van der Waals surface area contributed by atoms with Crippen LogP contribution in [0, 0.1) is 0 Å². The molecular formula is C23H33N5O2. The van der Waals surface area contributed by atoms with Crippen LogP contribution in [0.2, 0.25) is 0 Å². The zero-order valence-electron chi connectivity index (χ0n) is 18.3. The minimum Gasteiger partial charge on any atom is -0.497 e. The van der Waals surface area contributed by atoms with Crippen LogP contribution in [0.25, 0.3) is 0 Å². The summed E-state index contributed by atoms with van der Waals surface area (Å²) in [6.45, 7) is 3.17. The van der Waals surface area contributed by atoms with Crippen molar-refractivity contribution in [1.82, 2.24) is 20.0 Å². The van der Waals surface area contributed by atoms with E-state index in [4.69, 9.17) is 9.47 Å². The molecule has 1 aromatic carbocycles. The summed E-state index contributed by atoms with van der Waals surface area (Å²) >= 11 is 0. The highest BCUT2D eigenvalue weighted by molar-refractivity contribution is 5.80. The van der Waals surface area contributed by atoms with Crippen molar-refractivity contribution in [3.63, 3.8) is 0 Å². The Morgan fingerprint density at radius 2 is 2.20 bits per heavy atom. The second kappa shape index (κ2) is 9.08. The Labute approximate surface area is 179 Å². The van der Waals surface area contributed by atoms with Gasteiger partial charge in [0.1, 0.15) is 11.9 Å². The predicted octanol–water partition coefficient (Wildman–Crippen LogP) is 2.89. The number of benzene rings is 1. The summed E-state index contributed by atoms with van der Waals surface area (Å²) < 4.78 is 13.3. The number of hydrogen-bond acceptors (Lipinski definition) is 4. The molecule has 0 spiro atoms. The van der Waals surface area contributed by atoms with E-state index < -0.39 is 0 Å². The maximum atomic E-state index is 6.00. The Balaban J connectivity index is 1.46. The number of guanidine groups is 1. The van der Waals surface area contributed by atoms with Gasteiger partial charge < -0.3 is 19.7 Å². The summed E-state index contributed by atoms with van der Waals surface area (Å²) in [5.74, 6) is 1.87. The van der Waals surface area contributed by atoms with Crippen LogP contribution >= 0.6 is 0 Å². The van der Waals surface area contributed by atoms with Gasteiger partial charge in [-0.2, -0.15) is 5.10 Å². The van der Waals surface area contributed by atoms with Crippen molar-refractivity contribution in [2.75, 3.05) is 40.4 Å². The standard InChI is InChI=1S/C23H33N5O2/c1-24-22(28-11-12-30-21(16-28)18-14-26-27(2)15-18)25-17-23(9-4-5-10-23)19-7-6-8-20(13-19)29-3/h6-8,13-15,21H,4-5,9-12,16-17H2,1-3H3,(H,24,25). The summed E-state index contributed by atoms with van der Waals surface area (Å²) in [4.78, 5) is 6.90. The summed E-state index contributed by atoms with van der Waals surface area (Å²) in [6, 6.07) is 8.56. The molecular weight excluding hydrogens is 378 g/mol. The molecule has 30 heavy (non-hydrogen) atoms. The van der Waals surface area contributed by atoms with E-state index in [2.05, 4.69) is 38.5 Å². The topological polar surface area (TPSA) is 63.9 Å². The van der Waals surface area contributed by atoms with Gasteiger partial charge in [-0.3, -0.25) is 9.67 Å². The van der Waals surface area contributed by atoms with E-state index in [1.165, 1.54) is 31.2 Å². The molecule has 1 saturated carbocycles. The van der Waals surface area contributed by atoms with E-state index in [1.54, 1.807) is 7.11 Å². The fourth-order valence-corrected chi connectivity index (χ4v) is 4.80. The fourth-order valence-electron chi connectivity index (χ4n) is 4.80. The van der Waals surface area contributed by atoms with Gasteiger partial charge in [0.25, 0.3) is 0 Å². The number of methoxy groups -OCH3 is 1. The Morgan fingerprint density at radius 3 is 2.90 bits per heavy atom. The normalized spacial score (nSPS) is 21.6. The van der Waals surface area contributed by atoms with Crippen molar-refractivity contribution < 1.29 is 9.47 Å². The second-order valence-electron chi connectivity index (χ2n) is 8.37. The number of aliphatic imine (C=N–C) groups is 1. The van der Waals surface area contributed by atoms with Crippen LogP contribution in [-0.2, 0) is 17.2 Å². The molecule has 1 aliphatic heterocycles. The van der Waals surface area contributed by atoms with Gasteiger partial charge in [0.2, 0.25) is 0 Å². The molecule has 162 valence electrons. The summed E-state index contributed by atoms with van der Waals surface area (Å²) in [7, 11) is 5.53. The molecule has 2 fully saturated rings. The van der Waals surface area contributed by atoms with Gasteiger partial charge in [0, 0.05) is 44.4 Å². The lowest BCUT2D eigenvalue weighted by atomic mass is 9.78. The minimum atomic E-state index is 0.0184. The number of ether oxygens (including phenoxy) is 2. The highest BCUT2D eigenvalue weighted by Gasteiger charge is 2.36. The van der Waals surface area contributed by atoms with Gasteiger partial charge in [-0.25, -0.2) is 0 Å². The Morgan fingerprint density at radius 1 is 1.37 bits per heavy atom. The zero-order chi connectivity index (χ0) is 21.0. The number of nitrogens with one attached hydrogen (secondary N) is 1. The lowest BCUT2D eigenvalue weighted by Crippen LogP contribution is -2.51. The SMILES string of the molecule is CN=C(NCC1(c2cccc(OC)c2)CCCC1)N1CCOC(c2cnn(C)c2)C1. The second-order valence-corrected chi connectivity index (χ2v) is 8.37. The Hall–Kier alpha value is -2.54.